The number of aliphatic imine (C=N–C) groups is 1. The van der Waals surface area contributed by atoms with E-state index in [2.05, 4.69) is 44.6 Å². The molecule has 0 radical (unpaired) electrons. The first-order valence-electron chi connectivity index (χ1n) is 10.4. The van der Waals surface area contributed by atoms with Crippen LogP contribution in [0.4, 0.5) is 0 Å². The van der Waals surface area contributed by atoms with E-state index >= 15 is 0 Å². The molecule has 1 aromatic heterocycles. The van der Waals surface area contributed by atoms with Gasteiger partial charge in [0.15, 0.2) is 0 Å². The number of piperazine rings is 1. The van der Waals surface area contributed by atoms with Crippen molar-refractivity contribution in [3.63, 3.8) is 0 Å². The molecule has 1 aliphatic heterocycles. The van der Waals surface area contributed by atoms with E-state index in [1.54, 1.807) is 19.4 Å². The molecule has 160 valence electrons. The fourth-order valence-corrected chi connectivity index (χ4v) is 3.93. The molecule has 31 heavy (non-hydrogen) atoms. The van der Waals surface area contributed by atoms with Gasteiger partial charge in [-0.15, -0.1) is 0 Å². The standard InChI is InChI=1S/C24H28N6O/c1-18(26-13-5-12-25)29-14-16-30(17-15-29)23(19-8-10-20(31-2)11-9-19)24-27-21-6-3-4-7-22(21)28-24/h3-13,23H,1,14-17,25H2,2H3,(H,27,28)/b12-5-,26-13?. The molecule has 0 amide bonds. The summed E-state index contributed by atoms with van der Waals surface area (Å²) in [7, 11) is 1.68. The van der Waals surface area contributed by atoms with Crippen molar-refractivity contribution in [1.82, 2.24) is 19.8 Å². The second-order valence-electron chi connectivity index (χ2n) is 7.42. The molecule has 1 fully saturated rings. The number of hydrogen-bond acceptors (Lipinski definition) is 6. The lowest BCUT2D eigenvalue weighted by molar-refractivity contribution is 0.128. The Labute approximate surface area is 182 Å². The minimum absolute atomic E-state index is 0.0254. The molecular formula is C24H28N6O. The summed E-state index contributed by atoms with van der Waals surface area (Å²) in [5, 5.41) is 0. The van der Waals surface area contributed by atoms with Crippen molar-refractivity contribution in [2.75, 3.05) is 33.3 Å². The fourth-order valence-electron chi connectivity index (χ4n) is 3.93. The number of benzene rings is 2. The van der Waals surface area contributed by atoms with Crippen molar-refractivity contribution in [2.24, 2.45) is 10.7 Å². The van der Waals surface area contributed by atoms with Crippen molar-refractivity contribution in [2.45, 2.75) is 6.04 Å². The molecule has 0 spiro atoms. The number of allylic oxidation sites excluding steroid dienone is 1. The summed E-state index contributed by atoms with van der Waals surface area (Å²) in [4.78, 5) is 17.4. The first kappa shape index (κ1) is 20.7. The molecule has 1 aliphatic rings. The molecule has 0 bridgehead atoms. The van der Waals surface area contributed by atoms with Crippen LogP contribution in [0.15, 0.2) is 78.2 Å². The summed E-state index contributed by atoms with van der Waals surface area (Å²) in [5.41, 5.74) is 8.57. The van der Waals surface area contributed by atoms with Crippen LogP contribution < -0.4 is 10.5 Å². The largest absolute Gasteiger partial charge is 0.497 e. The summed E-state index contributed by atoms with van der Waals surface area (Å²) in [5.74, 6) is 2.55. The summed E-state index contributed by atoms with van der Waals surface area (Å²) in [6.07, 6.45) is 4.83. The van der Waals surface area contributed by atoms with Crippen LogP contribution in [0.25, 0.3) is 11.0 Å². The van der Waals surface area contributed by atoms with E-state index in [9.17, 15) is 0 Å². The Hall–Kier alpha value is -3.58. The van der Waals surface area contributed by atoms with Crippen LogP contribution in [0.3, 0.4) is 0 Å². The molecule has 0 aliphatic carbocycles. The third kappa shape index (κ3) is 4.62. The number of ether oxygens (including phenoxy) is 1. The fraction of sp³-hybridized carbons (Fsp3) is 0.250. The molecule has 0 saturated carbocycles. The van der Waals surface area contributed by atoms with Crippen molar-refractivity contribution < 1.29 is 4.74 Å². The van der Waals surface area contributed by atoms with E-state index in [4.69, 9.17) is 15.5 Å². The molecule has 3 aromatic rings. The second-order valence-corrected chi connectivity index (χ2v) is 7.42. The molecule has 1 saturated heterocycles. The number of hydrogen-bond donors (Lipinski definition) is 2. The van der Waals surface area contributed by atoms with Crippen molar-refractivity contribution >= 4 is 17.2 Å². The van der Waals surface area contributed by atoms with E-state index < -0.39 is 0 Å². The first-order chi connectivity index (χ1) is 15.2. The zero-order chi connectivity index (χ0) is 21.6. The lowest BCUT2D eigenvalue weighted by Crippen LogP contribution is -2.47. The highest BCUT2D eigenvalue weighted by Gasteiger charge is 2.29. The molecular weight excluding hydrogens is 388 g/mol. The van der Waals surface area contributed by atoms with Gasteiger partial charge in [0, 0.05) is 32.4 Å². The molecule has 1 atom stereocenters. The number of nitrogens with zero attached hydrogens (tertiary/aromatic N) is 4. The van der Waals surface area contributed by atoms with Gasteiger partial charge < -0.3 is 20.4 Å². The quantitative estimate of drug-likeness (QED) is 0.578. The molecule has 7 nitrogen and oxygen atoms in total. The van der Waals surface area contributed by atoms with Gasteiger partial charge in [0.1, 0.15) is 17.4 Å². The minimum Gasteiger partial charge on any atom is -0.497 e. The van der Waals surface area contributed by atoms with E-state index in [-0.39, 0.29) is 6.04 Å². The lowest BCUT2D eigenvalue weighted by atomic mass is 10.0. The molecule has 4 rings (SSSR count). The summed E-state index contributed by atoms with van der Waals surface area (Å²) >= 11 is 0. The van der Waals surface area contributed by atoms with Crippen molar-refractivity contribution in [1.29, 1.82) is 0 Å². The van der Waals surface area contributed by atoms with Crippen molar-refractivity contribution in [3.05, 3.63) is 84.6 Å². The number of nitrogens with two attached hydrogens (primary N) is 1. The average molecular weight is 417 g/mol. The van der Waals surface area contributed by atoms with Crippen LogP contribution in [-0.4, -0.2) is 59.3 Å². The Balaban J connectivity index is 1.58. The van der Waals surface area contributed by atoms with Gasteiger partial charge >= 0.3 is 0 Å². The molecule has 2 aromatic carbocycles. The van der Waals surface area contributed by atoms with E-state index in [1.807, 2.05) is 30.3 Å². The van der Waals surface area contributed by atoms with Crippen molar-refractivity contribution in [3.8, 4) is 5.75 Å². The van der Waals surface area contributed by atoms with Crippen LogP contribution in [0.5, 0.6) is 5.75 Å². The number of rotatable bonds is 7. The van der Waals surface area contributed by atoms with E-state index in [0.29, 0.717) is 0 Å². The lowest BCUT2D eigenvalue weighted by Gasteiger charge is -2.39. The predicted molar refractivity (Wildman–Crippen MR) is 125 cm³/mol. The maximum absolute atomic E-state index is 5.36. The highest BCUT2D eigenvalue weighted by atomic mass is 16.5. The van der Waals surface area contributed by atoms with Crippen LogP contribution in [0, 0.1) is 0 Å². The van der Waals surface area contributed by atoms with Gasteiger partial charge in [-0.05, 0) is 42.1 Å². The maximum atomic E-state index is 5.36. The maximum Gasteiger partial charge on any atom is 0.129 e. The third-order valence-corrected chi connectivity index (χ3v) is 5.56. The molecule has 2 heterocycles. The Kier molecular flexibility index (Phi) is 6.33. The summed E-state index contributed by atoms with van der Waals surface area (Å²) in [6.45, 7) is 7.51. The molecule has 7 heteroatoms. The Morgan fingerprint density at radius 3 is 2.58 bits per heavy atom. The average Bonchev–Trinajstić information content (AvgIpc) is 3.24. The zero-order valence-electron chi connectivity index (χ0n) is 17.7. The van der Waals surface area contributed by atoms with Gasteiger partial charge in [-0.25, -0.2) is 9.98 Å². The number of imidazole rings is 1. The van der Waals surface area contributed by atoms with Crippen LogP contribution >= 0.6 is 0 Å². The van der Waals surface area contributed by atoms with Gasteiger partial charge in [-0.3, -0.25) is 4.90 Å². The number of fused-ring (bicyclic) bond motifs is 1. The zero-order valence-corrected chi connectivity index (χ0v) is 17.7. The Bertz CT molecular complexity index is 1040. The van der Waals surface area contributed by atoms with Gasteiger partial charge in [-0.2, -0.15) is 0 Å². The normalized spacial score (nSPS) is 16.4. The van der Waals surface area contributed by atoms with E-state index in [0.717, 1.165) is 54.6 Å². The van der Waals surface area contributed by atoms with Crippen LogP contribution in [0.1, 0.15) is 17.4 Å². The third-order valence-electron chi connectivity index (χ3n) is 5.56. The number of aromatic nitrogens is 2. The number of H-pyrrole nitrogens is 1. The van der Waals surface area contributed by atoms with Crippen LogP contribution in [0.2, 0.25) is 0 Å². The Morgan fingerprint density at radius 2 is 1.90 bits per heavy atom. The number of nitrogens with one attached hydrogen (secondary N) is 1. The van der Waals surface area contributed by atoms with Gasteiger partial charge in [-0.1, -0.05) is 30.8 Å². The first-order valence-corrected chi connectivity index (χ1v) is 10.4. The smallest absolute Gasteiger partial charge is 0.129 e. The highest BCUT2D eigenvalue weighted by Crippen LogP contribution is 2.31. The van der Waals surface area contributed by atoms with Crippen LogP contribution in [-0.2, 0) is 0 Å². The number of para-hydroxylation sites is 2. The topological polar surface area (TPSA) is 82.8 Å². The minimum atomic E-state index is 0.0254. The number of methoxy groups -OCH3 is 1. The van der Waals surface area contributed by atoms with E-state index in [1.165, 1.54) is 11.8 Å². The summed E-state index contributed by atoms with van der Waals surface area (Å²) < 4.78 is 5.35. The second kappa shape index (κ2) is 9.49. The van der Waals surface area contributed by atoms with Gasteiger partial charge in [0.2, 0.25) is 0 Å². The summed E-state index contributed by atoms with van der Waals surface area (Å²) in [6, 6.07) is 16.4. The molecule has 3 N–H and O–H groups in total. The van der Waals surface area contributed by atoms with Gasteiger partial charge in [0.25, 0.3) is 0 Å². The SMILES string of the molecule is C=C(N=C/C=C\N)N1CCN(C(c2ccc(OC)cc2)c2nc3ccccc3[nH]2)CC1. The highest BCUT2D eigenvalue weighted by molar-refractivity contribution is 5.75. The number of aromatic amines is 1. The van der Waals surface area contributed by atoms with Gasteiger partial charge in [0.05, 0.1) is 24.2 Å². The molecule has 1 unspecified atom stereocenters. The monoisotopic (exact) mass is 416 g/mol. The predicted octanol–water partition coefficient (Wildman–Crippen LogP) is 3.29. The Morgan fingerprint density at radius 1 is 1.16 bits per heavy atom.